The van der Waals surface area contributed by atoms with E-state index >= 15 is 0 Å². The molecular formula is C17H26ClF2N3O3. The van der Waals surface area contributed by atoms with Gasteiger partial charge in [0.2, 0.25) is 5.91 Å². The lowest BCUT2D eigenvalue weighted by molar-refractivity contribution is -0.132. The van der Waals surface area contributed by atoms with Crippen molar-refractivity contribution < 1.29 is 23.0 Å². The van der Waals surface area contributed by atoms with Gasteiger partial charge in [-0.1, -0.05) is 6.07 Å². The number of carbonyl (C=O) groups is 1. The van der Waals surface area contributed by atoms with Crippen LogP contribution in [0.2, 0.25) is 0 Å². The van der Waals surface area contributed by atoms with E-state index in [1.54, 1.807) is 19.1 Å². The van der Waals surface area contributed by atoms with Crippen LogP contribution in [0.3, 0.4) is 0 Å². The van der Waals surface area contributed by atoms with E-state index in [0.29, 0.717) is 19.7 Å². The van der Waals surface area contributed by atoms with Gasteiger partial charge in [0.25, 0.3) is 0 Å². The summed E-state index contributed by atoms with van der Waals surface area (Å²) in [4.78, 5) is 16.0. The van der Waals surface area contributed by atoms with Gasteiger partial charge in [-0.2, -0.15) is 8.78 Å². The highest BCUT2D eigenvalue weighted by Crippen LogP contribution is 2.30. The van der Waals surface area contributed by atoms with Crippen molar-refractivity contribution in [3.05, 3.63) is 23.8 Å². The molecule has 9 heteroatoms. The molecule has 0 unspecified atom stereocenters. The van der Waals surface area contributed by atoms with E-state index in [-0.39, 0.29) is 29.8 Å². The minimum atomic E-state index is -2.90. The Labute approximate surface area is 158 Å². The van der Waals surface area contributed by atoms with E-state index < -0.39 is 6.61 Å². The van der Waals surface area contributed by atoms with E-state index in [2.05, 4.69) is 10.1 Å². The normalized spacial score (nSPS) is 14.3. The molecule has 1 fully saturated rings. The number of benzene rings is 1. The largest absolute Gasteiger partial charge is 0.490 e. The minimum absolute atomic E-state index is 0. The van der Waals surface area contributed by atoms with Crippen molar-refractivity contribution in [2.75, 3.05) is 46.4 Å². The molecule has 1 saturated heterocycles. The van der Waals surface area contributed by atoms with E-state index in [9.17, 15) is 13.6 Å². The number of rotatable bonds is 8. The molecule has 0 bridgehead atoms. The predicted molar refractivity (Wildman–Crippen MR) is 97.3 cm³/mol. The first-order valence-corrected chi connectivity index (χ1v) is 8.37. The molecule has 0 spiro atoms. The van der Waals surface area contributed by atoms with Crippen molar-refractivity contribution in [2.24, 2.45) is 0 Å². The lowest BCUT2D eigenvalue weighted by Crippen LogP contribution is -2.49. The average Bonchev–Trinajstić information content (AvgIpc) is 2.57. The molecule has 2 rings (SSSR count). The Morgan fingerprint density at radius 1 is 1.31 bits per heavy atom. The predicted octanol–water partition coefficient (Wildman–Crippen LogP) is 1.97. The van der Waals surface area contributed by atoms with Gasteiger partial charge in [-0.3, -0.25) is 9.69 Å². The molecule has 0 saturated carbocycles. The Morgan fingerprint density at radius 3 is 2.62 bits per heavy atom. The van der Waals surface area contributed by atoms with Crippen molar-refractivity contribution in [3.8, 4) is 11.5 Å². The molecule has 1 aliphatic rings. The summed E-state index contributed by atoms with van der Waals surface area (Å²) in [7, 11) is 1.85. The number of hydrogen-bond donors (Lipinski definition) is 1. The first-order valence-electron chi connectivity index (χ1n) is 8.37. The number of carbonyl (C=O) groups excluding carboxylic acids is 1. The zero-order valence-corrected chi connectivity index (χ0v) is 15.9. The number of ether oxygens (including phenoxy) is 2. The summed E-state index contributed by atoms with van der Waals surface area (Å²) in [5.74, 6) is 0.383. The maximum atomic E-state index is 12.4. The first kappa shape index (κ1) is 22.4. The summed E-state index contributed by atoms with van der Waals surface area (Å²) in [5, 5.41) is 3.21. The molecule has 1 aliphatic heterocycles. The molecule has 1 heterocycles. The van der Waals surface area contributed by atoms with Crippen LogP contribution >= 0.6 is 12.4 Å². The third-order valence-corrected chi connectivity index (χ3v) is 3.85. The van der Waals surface area contributed by atoms with Gasteiger partial charge in [-0.25, -0.2) is 0 Å². The number of amides is 1. The van der Waals surface area contributed by atoms with Gasteiger partial charge < -0.3 is 19.7 Å². The van der Waals surface area contributed by atoms with Crippen LogP contribution in [0.4, 0.5) is 8.78 Å². The standard InChI is InChI=1S/C17H25F2N3O3.ClH/c1-3-24-15-10-13(4-5-14(15)25-17(18)19)11-21(2)12-16(23)22-8-6-20-7-9-22;/h4-5,10,17,20H,3,6-9,11-12H2,1-2H3;1H. The summed E-state index contributed by atoms with van der Waals surface area (Å²) in [5.41, 5.74) is 0.862. The summed E-state index contributed by atoms with van der Waals surface area (Å²) < 4.78 is 34.7. The number of halogens is 3. The third-order valence-electron chi connectivity index (χ3n) is 3.85. The SMILES string of the molecule is CCOc1cc(CN(C)CC(=O)N2CCNCC2)ccc1OC(F)F.Cl. The molecule has 1 amide bonds. The van der Waals surface area contributed by atoms with E-state index in [0.717, 1.165) is 31.7 Å². The average molecular weight is 394 g/mol. The Kier molecular flexibility index (Phi) is 9.61. The number of alkyl halides is 2. The molecule has 1 aromatic rings. The maximum absolute atomic E-state index is 12.4. The van der Waals surface area contributed by atoms with Gasteiger partial charge in [-0.05, 0) is 31.7 Å². The molecule has 148 valence electrons. The van der Waals surface area contributed by atoms with Gasteiger partial charge in [0, 0.05) is 32.7 Å². The van der Waals surface area contributed by atoms with Gasteiger partial charge in [0.05, 0.1) is 13.2 Å². The van der Waals surface area contributed by atoms with Crippen molar-refractivity contribution in [1.29, 1.82) is 0 Å². The van der Waals surface area contributed by atoms with Crippen LogP contribution in [0.25, 0.3) is 0 Å². The molecule has 0 aromatic heterocycles. The zero-order valence-electron chi connectivity index (χ0n) is 15.0. The fraction of sp³-hybridized carbons (Fsp3) is 0.588. The summed E-state index contributed by atoms with van der Waals surface area (Å²) in [6.07, 6.45) is 0. The molecule has 0 aliphatic carbocycles. The second-order valence-corrected chi connectivity index (χ2v) is 5.90. The molecule has 0 atom stereocenters. The van der Waals surface area contributed by atoms with Crippen molar-refractivity contribution in [2.45, 2.75) is 20.1 Å². The van der Waals surface area contributed by atoms with Crippen LogP contribution in [0.1, 0.15) is 12.5 Å². The summed E-state index contributed by atoms with van der Waals surface area (Å²) >= 11 is 0. The van der Waals surface area contributed by atoms with Crippen LogP contribution in [-0.2, 0) is 11.3 Å². The topological polar surface area (TPSA) is 54.0 Å². The molecular weight excluding hydrogens is 368 g/mol. The highest BCUT2D eigenvalue weighted by atomic mass is 35.5. The van der Waals surface area contributed by atoms with Crippen LogP contribution < -0.4 is 14.8 Å². The minimum Gasteiger partial charge on any atom is -0.490 e. The van der Waals surface area contributed by atoms with Crippen LogP contribution in [0, 0.1) is 0 Å². The quantitative estimate of drug-likeness (QED) is 0.732. The van der Waals surface area contributed by atoms with Gasteiger partial charge in [0.1, 0.15) is 0 Å². The summed E-state index contributed by atoms with van der Waals surface area (Å²) in [6.45, 7) is 3.12. The van der Waals surface area contributed by atoms with E-state index in [1.165, 1.54) is 6.07 Å². The lowest BCUT2D eigenvalue weighted by Gasteiger charge is -2.29. The molecule has 1 N–H and O–H groups in total. The number of piperazine rings is 1. The van der Waals surface area contributed by atoms with Gasteiger partial charge in [0.15, 0.2) is 11.5 Å². The molecule has 0 radical (unpaired) electrons. The number of likely N-dealkylation sites (N-methyl/N-ethyl adjacent to an activating group) is 1. The summed E-state index contributed by atoms with van der Waals surface area (Å²) in [6, 6.07) is 4.84. The van der Waals surface area contributed by atoms with Crippen molar-refractivity contribution >= 4 is 18.3 Å². The number of nitrogens with zero attached hydrogens (tertiary/aromatic N) is 2. The Hall–Kier alpha value is -1.64. The Bertz CT molecular complexity index is 572. The lowest BCUT2D eigenvalue weighted by atomic mass is 10.2. The van der Waals surface area contributed by atoms with Gasteiger partial charge in [-0.15, -0.1) is 12.4 Å². The van der Waals surface area contributed by atoms with Gasteiger partial charge >= 0.3 is 6.61 Å². The van der Waals surface area contributed by atoms with Crippen LogP contribution in [0.5, 0.6) is 11.5 Å². The zero-order chi connectivity index (χ0) is 18.2. The number of hydrogen-bond acceptors (Lipinski definition) is 5. The molecule has 1 aromatic carbocycles. The van der Waals surface area contributed by atoms with E-state index in [1.807, 2.05) is 16.8 Å². The smallest absolute Gasteiger partial charge is 0.387 e. The fourth-order valence-electron chi connectivity index (χ4n) is 2.73. The highest BCUT2D eigenvalue weighted by Gasteiger charge is 2.18. The van der Waals surface area contributed by atoms with Crippen LogP contribution in [-0.4, -0.2) is 68.7 Å². The Morgan fingerprint density at radius 2 is 2.00 bits per heavy atom. The highest BCUT2D eigenvalue weighted by molar-refractivity contribution is 5.85. The number of nitrogens with one attached hydrogen (secondary N) is 1. The fourth-order valence-corrected chi connectivity index (χ4v) is 2.73. The van der Waals surface area contributed by atoms with E-state index in [4.69, 9.17) is 4.74 Å². The monoisotopic (exact) mass is 393 g/mol. The molecule has 6 nitrogen and oxygen atoms in total. The second-order valence-electron chi connectivity index (χ2n) is 5.90. The first-order chi connectivity index (χ1) is 12.0. The third kappa shape index (κ3) is 6.93. The van der Waals surface area contributed by atoms with Crippen LogP contribution in [0.15, 0.2) is 18.2 Å². The Balaban J connectivity index is 0.00000338. The maximum Gasteiger partial charge on any atom is 0.387 e. The second kappa shape index (κ2) is 11.2. The molecule has 26 heavy (non-hydrogen) atoms. The van der Waals surface area contributed by atoms with Crippen molar-refractivity contribution in [1.82, 2.24) is 15.1 Å². The van der Waals surface area contributed by atoms with Crippen molar-refractivity contribution in [3.63, 3.8) is 0 Å².